The second kappa shape index (κ2) is 6.83. The van der Waals surface area contributed by atoms with Crippen LogP contribution >= 0.6 is 11.6 Å². The molecule has 1 aliphatic rings. The molecule has 4 heteroatoms. The van der Waals surface area contributed by atoms with E-state index >= 15 is 0 Å². The normalized spacial score (nSPS) is 15.0. The van der Waals surface area contributed by atoms with Gasteiger partial charge in [0.15, 0.2) is 0 Å². The van der Waals surface area contributed by atoms with Crippen LogP contribution in [0, 0.1) is 0 Å². The SMILES string of the molecule is Clc1cc(NCc2ccccc2)ccc1N1CCOCC1. The number of benzene rings is 2. The van der Waals surface area contributed by atoms with Crippen molar-refractivity contribution >= 4 is 23.0 Å². The lowest BCUT2D eigenvalue weighted by Crippen LogP contribution is -2.36. The van der Waals surface area contributed by atoms with Crippen LogP contribution in [0.5, 0.6) is 0 Å². The van der Waals surface area contributed by atoms with Crippen molar-refractivity contribution in [1.29, 1.82) is 0 Å². The van der Waals surface area contributed by atoms with Crippen LogP contribution in [0.1, 0.15) is 5.56 Å². The highest BCUT2D eigenvalue weighted by Gasteiger charge is 2.14. The molecular formula is C17H19ClN2O. The summed E-state index contributed by atoms with van der Waals surface area (Å²) in [6.07, 6.45) is 0. The minimum absolute atomic E-state index is 0.768. The summed E-state index contributed by atoms with van der Waals surface area (Å²) in [6.45, 7) is 4.13. The second-order valence-electron chi connectivity index (χ2n) is 5.10. The second-order valence-corrected chi connectivity index (χ2v) is 5.51. The Bertz CT molecular complexity index is 583. The van der Waals surface area contributed by atoms with E-state index < -0.39 is 0 Å². The van der Waals surface area contributed by atoms with E-state index in [1.807, 2.05) is 24.3 Å². The average Bonchev–Trinajstić information content (AvgIpc) is 2.55. The Morgan fingerprint density at radius 1 is 1.05 bits per heavy atom. The number of nitrogens with zero attached hydrogens (tertiary/aromatic N) is 1. The van der Waals surface area contributed by atoms with E-state index in [2.05, 4.69) is 34.5 Å². The van der Waals surface area contributed by atoms with Crippen molar-refractivity contribution in [3.63, 3.8) is 0 Å². The maximum Gasteiger partial charge on any atom is 0.0660 e. The molecule has 1 heterocycles. The van der Waals surface area contributed by atoms with Crippen LogP contribution in [0.15, 0.2) is 48.5 Å². The molecule has 110 valence electrons. The molecule has 0 amide bonds. The number of rotatable bonds is 4. The number of halogens is 1. The van der Waals surface area contributed by atoms with Gasteiger partial charge < -0.3 is 15.0 Å². The minimum atomic E-state index is 0.768. The minimum Gasteiger partial charge on any atom is -0.381 e. The number of anilines is 2. The standard InChI is InChI=1S/C17H19ClN2O/c18-16-12-15(19-13-14-4-2-1-3-5-14)6-7-17(16)20-8-10-21-11-9-20/h1-7,12,19H,8-11,13H2. The molecule has 0 bridgehead atoms. The van der Waals surface area contributed by atoms with Gasteiger partial charge in [-0.3, -0.25) is 0 Å². The Balaban J connectivity index is 1.66. The van der Waals surface area contributed by atoms with Gasteiger partial charge in [0.2, 0.25) is 0 Å². The molecule has 0 radical (unpaired) electrons. The lowest BCUT2D eigenvalue weighted by Gasteiger charge is -2.29. The summed E-state index contributed by atoms with van der Waals surface area (Å²) in [5, 5.41) is 4.19. The van der Waals surface area contributed by atoms with E-state index in [1.54, 1.807) is 0 Å². The van der Waals surface area contributed by atoms with Crippen LogP contribution in [0.3, 0.4) is 0 Å². The molecule has 2 aromatic carbocycles. The molecule has 1 aliphatic heterocycles. The van der Waals surface area contributed by atoms with Gasteiger partial charge in [-0.2, -0.15) is 0 Å². The topological polar surface area (TPSA) is 24.5 Å². The molecule has 0 saturated carbocycles. The van der Waals surface area contributed by atoms with Crippen LogP contribution < -0.4 is 10.2 Å². The third-order valence-electron chi connectivity index (χ3n) is 3.64. The Kier molecular flexibility index (Phi) is 4.63. The first-order valence-corrected chi connectivity index (χ1v) is 7.61. The fraction of sp³-hybridized carbons (Fsp3) is 0.294. The first kappa shape index (κ1) is 14.2. The third kappa shape index (κ3) is 3.69. The molecule has 0 atom stereocenters. The Hall–Kier alpha value is -1.71. The predicted molar refractivity (Wildman–Crippen MR) is 88.3 cm³/mol. The highest BCUT2D eigenvalue weighted by atomic mass is 35.5. The fourth-order valence-electron chi connectivity index (χ4n) is 2.48. The number of hydrogen-bond acceptors (Lipinski definition) is 3. The summed E-state index contributed by atoms with van der Waals surface area (Å²) in [7, 11) is 0. The van der Waals surface area contributed by atoms with Gasteiger partial charge in [0.1, 0.15) is 0 Å². The van der Waals surface area contributed by atoms with Gasteiger partial charge >= 0.3 is 0 Å². The Morgan fingerprint density at radius 2 is 1.81 bits per heavy atom. The zero-order valence-electron chi connectivity index (χ0n) is 11.9. The van der Waals surface area contributed by atoms with Gasteiger partial charge in [0.05, 0.1) is 23.9 Å². The number of ether oxygens (including phenoxy) is 1. The van der Waals surface area contributed by atoms with Gasteiger partial charge in [-0.1, -0.05) is 41.9 Å². The first-order valence-electron chi connectivity index (χ1n) is 7.23. The molecule has 3 rings (SSSR count). The number of nitrogens with one attached hydrogen (secondary N) is 1. The monoisotopic (exact) mass is 302 g/mol. The van der Waals surface area contributed by atoms with Crippen LogP contribution in [0.4, 0.5) is 11.4 Å². The van der Waals surface area contributed by atoms with Crippen molar-refractivity contribution < 1.29 is 4.74 Å². The third-order valence-corrected chi connectivity index (χ3v) is 3.94. The maximum atomic E-state index is 6.42. The Labute approximate surface area is 130 Å². The highest BCUT2D eigenvalue weighted by molar-refractivity contribution is 6.33. The molecule has 0 spiro atoms. The molecule has 21 heavy (non-hydrogen) atoms. The first-order chi connectivity index (χ1) is 10.3. The van der Waals surface area contributed by atoms with E-state index in [1.165, 1.54) is 5.56 Å². The zero-order valence-corrected chi connectivity index (χ0v) is 12.6. The van der Waals surface area contributed by atoms with E-state index in [-0.39, 0.29) is 0 Å². The fourth-order valence-corrected chi connectivity index (χ4v) is 2.78. The van der Waals surface area contributed by atoms with Crippen molar-refractivity contribution in [1.82, 2.24) is 0 Å². The molecule has 0 aliphatic carbocycles. The zero-order chi connectivity index (χ0) is 14.5. The quantitative estimate of drug-likeness (QED) is 0.930. The molecule has 1 fully saturated rings. The van der Waals surface area contributed by atoms with Gasteiger partial charge in [-0.25, -0.2) is 0 Å². The summed E-state index contributed by atoms with van der Waals surface area (Å²) in [4.78, 5) is 2.27. The van der Waals surface area contributed by atoms with Crippen molar-refractivity contribution in [2.45, 2.75) is 6.54 Å². The molecule has 0 aromatic heterocycles. The van der Waals surface area contributed by atoms with E-state index in [9.17, 15) is 0 Å². The lowest BCUT2D eigenvalue weighted by atomic mass is 10.2. The van der Waals surface area contributed by atoms with E-state index in [4.69, 9.17) is 16.3 Å². The van der Waals surface area contributed by atoms with Crippen molar-refractivity contribution in [3.05, 3.63) is 59.1 Å². The largest absolute Gasteiger partial charge is 0.381 e. The Morgan fingerprint density at radius 3 is 2.52 bits per heavy atom. The summed E-state index contributed by atoms with van der Waals surface area (Å²) < 4.78 is 5.38. The van der Waals surface area contributed by atoms with Crippen LogP contribution in [-0.2, 0) is 11.3 Å². The molecule has 3 nitrogen and oxygen atoms in total. The summed E-state index contributed by atoms with van der Waals surface area (Å²) in [5.74, 6) is 0. The van der Waals surface area contributed by atoms with Crippen LogP contribution in [0.25, 0.3) is 0 Å². The maximum absolute atomic E-state index is 6.42. The van der Waals surface area contributed by atoms with Crippen LogP contribution in [-0.4, -0.2) is 26.3 Å². The van der Waals surface area contributed by atoms with E-state index in [0.29, 0.717) is 0 Å². The average molecular weight is 303 g/mol. The van der Waals surface area contributed by atoms with Gasteiger partial charge in [-0.05, 0) is 23.8 Å². The molecule has 1 N–H and O–H groups in total. The summed E-state index contributed by atoms with van der Waals surface area (Å²) in [5.41, 5.74) is 3.39. The van der Waals surface area contributed by atoms with Crippen LogP contribution in [0.2, 0.25) is 5.02 Å². The highest BCUT2D eigenvalue weighted by Crippen LogP contribution is 2.29. The smallest absolute Gasteiger partial charge is 0.0660 e. The molecule has 0 unspecified atom stereocenters. The summed E-state index contributed by atoms with van der Waals surface area (Å²) in [6, 6.07) is 16.5. The van der Waals surface area contributed by atoms with E-state index in [0.717, 1.165) is 49.2 Å². The van der Waals surface area contributed by atoms with Gasteiger partial charge in [-0.15, -0.1) is 0 Å². The molecule has 1 saturated heterocycles. The molecule has 2 aromatic rings. The molecular weight excluding hydrogens is 284 g/mol. The van der Waals surface area contributed by atoms with Crippen molar-refractivity contribution in [2.24, 2.45) is 0 Å². The van der Waals surface area contributed by atoms with Gasteiger partial charge in [0, 0.05) is 25.3 Å². The van der Waals surface area contributed by atoms with Crippen molar-refractivity contribution in [3.8, 4) is 0 Å². The van der Waals surface area contributed by atoms with Gasteiger partial charge in [0.25, 0.3) is 0 Å². The number of hydrogen-bond donors (Lipinski definition) is 1. The lowest BCUT2D eigenvalue weighted by molar-refractivity contribution is 0.122. The predicted octanol–water partition coefficient (Wildman–Crippen LogP) is 3.79. The van der Waals surface area contributed by atoms with Crippen molar-refractivity contribution in [2.75, 3.05) is 36.5 Å². The summed E-state index contributed by atoms with van der Waals surface area (Å²) >= 11 is 6.42. The number of morpholine rings is 1.